The van der Waals surface area contributed by atoms with Gasteiger partial charge in [0.1, 0.15) is 11.6 Å². The smallest absolute Gasteiger partial charge is 0.279 e. The summed E-state index contributed by atoms with van der Waals surface area (Å²) in [5.41, 5.74) is 1.60. The second-order valence-corrected chi connectivity index (χ2v) is 6.39. The minimum atomic E-state index is -0.835. The summed E-state index contributed by atoms with van der Waals surface area (Å²) in [6.45, 7) is 4.58. The number of halogens is 2. The van der Waals surface area contributed by atoms with Crippen LogP contribution in [0.15, 0.2) is 42.5 Å². The Morgan fingerprint density at radius 2 is 1.59 bits per heavy atom. The van der Waals surface area contributed by atoms with Crippen LogP contribution in [0.3, 0.4) is 0 Å². The number of benzene rings is 2. The van der Waals surface area contributed by atoms with Crippen molar-refractivity contribution < 1.29 is 23.3 Å². The van der Waals surface area contributed by atoms with E-state index in [-0.39, 0.29) is 24.7 Å². The lowest BCUT2D eigenvalue weighted by molar-refractivity contribution is -0.883. The number of aryl methyl sites for hydroxylation is 1. The molecule has 7 heteroatoms. The Morgan fingerprint density at radius 1 is 0.963 bits per heavy atom. The number of hydrogen-bond donors (Lipinski definition) is 3. The van der Waals surface area contributed by atoms with Gasteiger partial charge in [-0.2, -0.15) is 0 Å². The predicted octanol–water partition coefficient (Wildman–Crippen LogP) is 2.15. The van der Waals surface area contributed by atoms with Crippen molar-refractivity contribution >= 4 is 23.2 Å². The van der Waals surface area contributed by atoms with Crippen molar-refractivity contribution in [2.24, 2.45) is 0 Å². The average molecular weight is 376 g/mol. The highest BCUT2D eigenvalue weighted by Crippen LogP contribution is 2.14. The van der Waals surface area contributed by atoms with E-state index in [4.69, 9.17) is 0 Å². The van der Waals surface area contributed by atoms with Crippen LogP contribution in [0.25, 0.3) is 0 Å². The predicted molar refractivity (Wildman–Crippen MR) is 101 cm³/mol. The summed E-state index contributed by atoms with van der Waals surface area (Å²) < 4.78 is 26.6. The number of nitrogens with one attached hydrogen (secondary N) is 3. The van der Waals surface area contributed by atoms with Gasteiger partial charge in [0.05, 0.1) is 12.2 Å². The zero-order chi connectivity index (χ0) is 19.8. The maximum absolute atomic E-state index is 13.7. The minimum absolute atomic E-state index is 0.00580. The highest BCUT2D eigenvalue weighted by Gasteiger charge is 2.19. The molecule has 144 valence electrons. The largest absolute Gasteiger partial charge is 0.321 e. The molecule has 0 aliphatic rings. The highest BCUT2D eigenvalue weighted by atomic mass is 19.1. The van der Waals surface area contributed by atoms with Crippen LogP contribution in [0.2, 0.25) is 0 Å². The van der Waals surface area contributed by atoms with Gasteiger partial charge < -0.3 is 15.5 Å². The monoisotopic (exact) mass is 376 g/mol. The Balaban J connectivity index is 1.94. The lowest BCUT2D eigenvalue weighted by Gasteiger charge is -2.18. The van der Waals surface area contributed by atoms with Crippen molar-refractivity contribution in [1.29, 1.82) is 0 Å². The summed E-state index contributed by atoms with van der Waals surface area (Å²) in [6.07, 6.45) is 0.783. The van der Waals surface area contributed by atoms with E-state index in [0.717, 1.165) is 28.6 Å². The molecule has 0 saturated heterocycles. The first-order valence-corrected chi connectivity index (χ1v) is 8.83. The van der Waals surface area contributed by atoms with Crippen molar-refractivity contribution in [3.8, 4) is 0 Å². The fraction of sp³-hybridized carbons (Fsp3) is 0.300. The van der Waals surface area contributed by atoms with Gasteiger partial charge in [0.15, 0.2) is 13.1 Å². The Bertz CT molecular complexity index is 812. The second kappa shape index (κ2) is 9.78. The third-order valence-electron chi connectivity index (χ3n) is 4.05. The summed E-state index contributed by atoms with van der Waals surface area (Å²) in [6, 6.07) is 10.4. The van der Waals surface area contributed by atoms with Crippen LogP contribution in [0.4, 0.5) is 20.2 Å². The molecular weight excluding hydrogens is 352 g/mol. The standard InChI is InChI=1S/C20H23F2N3O2/c1-3-10-25(12-19(26)23-17-7-5-4-6-14(17)2)13-20(27)24-18-9-8-15(21)11-16(18)22/h4-9,11H,3,10,12-13H2,1-2H3,(H,23,26)(H,24,27)/p+1. The van der Waals surface area contributed by atoms with E-state index in [9.17, 15) is 18.4 Å². The van der Waals surface area contributed by atoms with Gasteiger partial charge in [-0.1, -0.05) is 25.1 Å². The first-order chi connectivity index (χ1) is 12.9. The molecule has 2 amide bonds. The van der Waals surface area contributed by atoms with E-state index in [1.165, 1.54) is 6.07 Å². The molecular formula is C20H24F2N3O2+. The van der Waals surface area contributed by atoms with Gasteiger partial charge in [-0.15, -0.1) is 0 Å². The van der Waals surface area contributed by atoms with Gasteiger partial charge in [-0.05, 0) is 37.1 Å². The van der Waals surface area contributed by atoms with Crippen LogP contribution in [-0.4, -0.2) is 31.4 Å². The molecule has 0 saturated carbocycles. The zero-order valence-corrected chi connectivity index (χ0v) is 15.4. The van der Waals surface area contributed by atoms with Crippen molar-refractivity contribution in [3.63, 3.8) is 0 Å². The molecule has 0 spiro atoms. The quantitative estimate of drug-likeness (QED) is 0.661. The summed E-state index contributed by atoms with van der Waals surface area (Å²) in [5, 5.41) is 5.27. The normalized spacial score (nSPS) is 11.7. The summed E-state index contributed by atoms with van der Waals surface area (Å²) in [7, 11) is 0. The first-order valence-electron chi connectivity index (χ1n) is 8.83. The molecule has 0 heterocycles. The number of hydrogen-bond acceptors (Lipinski definition) is 2. The fourth-order valence-electron chi connectivity index (χ4n) is 2.74. The molecule has 1 atom stereocenters. The van der Waals surface area contributed by atoms with Gasteiger partial charge in [-0.3, -0.25) is 9.59 Å². The van der Waals surface area contributed by atoms with Crippen molar-refractivity contribution in [2.45, 2.75) is 20.3 Å². The Hall–Kier alpha value is -2.80. The molecule has 0 fully saturated rings. The molecule has 2 rings (SSSR count). The van der Waals surface area contributed by atoms with E-state index in [1.54, 1.807) is 0 Å². The maximum Gasteiger partial charge on any atom is 0.279 e. The number of rotatable bonds is 8. The van der Waals surface area contributed by atoms with Gasteiger partial charge >= 0.3 is 0 Å². The number of amides is 2. The zero-order valence-electron chi connectivity index (χ0n) is 15.4. The number of para-hydroxylation sites is 1. The average Bonchev–Trinajstić information content (AvgIpc) is 2.59. The molecule has 1 unspecified atom stereocenters. The van der Waals surface area contributed by atoms with E-state index < -0.39 is 17.5 Å². The van der Waals surface area contributed by atoms with Gasteiger partial charge in [0.2, 0.25) is 0 Å². The number of anilines is 2. The molecule has 3 N–H and O–H groups in total. The van der Waals surface area contributed by atoms with Crippen molar-refractivity contribution in [3.05, 3.63) is 59.7 Å². The number of carbonyl (C=O) groups excluding carboxylic acids is 2. The molecule has 2 aromatic carbocycles. The van der Waals surface area contributed by atoms with Gasteiger partial charge in [0.25, 0.3) is 11.8 Å². The second-order valence-electron chi connectivity index (χ2n) is 6.39. The molecule has 0 aliphatic heterocycles. The van der Waals surface area contributed by atoms with E-state index in [0.29, 0.717) is 12.6 Å². The van der Waals surface area contributed by atoms with Gasteiger partial charge in [-0.25, -0.2) is 8.78 Å². The molecule has 2 aromatic rings. The van der Waals surface area contributed by atoms with Crippen LogP contribution in [-0.2, 0) is 9.59 Å². The minimum Gasteiger partial charge on any atom is -0.321 e. The summed E-state index contributed by atoms with van der Waals surface area (Å²) in [4.78, 5) is 25.3. The lowest BCUT2D eigenvalue weighted by atomic mass is 10.2. The van der Waals surface area contributed by atoms with Crippen LogP contribution < -0.4 is 15.5 Å². The summed E-state index contributed by atoms with van der Waals surface area (Å²) >= 11 is 0. The Morgan fingerprint density at radius 3 is 2.19 bits per heavy atom. The van der Waals surface area contributed by atoms with Crippen LogP contribution in [0.1, 0.15) is 18.9 Å². The van der Waals surface area contributed by atoms with E-state index in [2.05, 4.69) is 10.6 Å². The third-order valence-corrected chi connectivity index (χ3v) is 4.05. The molecule has 0 aromatic heterocycles. The van der Waals surface area contributed by atoms with Crippen LogP contribution in [0.5, 0.6) is 0 Å². The van der Waals surface area contributed by atoms with E-state index >= 15 is 0 Å². The molecule has 27 heavy (non-hydrogen) atoms. The third kappa shape index (κ3) is 6.45. The van der Waals surface area contributed by atoms with Crippen LogP contribution >= 0.6 is 0 Å². The molecule has 5 nitrogen and oxygen atoms in total. The number of quaternary nitrogens is 1. The topological polar surface area (TPSA) is 62.6 Å². The first kappa shape index (κ1) is 20.5. The fourth-order valence-corrected chi connectivity index (χ4v) is 2.74. The highest BCUT2D eigenvalue weighted by molar-refractivity contribution is 5.93. The number of carbonyl (C=O) groups is 2. The SMILES string of the molecule is CCC[NH+](CC(=O)Nc1ccccc1C)CC(=O)Nc1ccc(F)cc1F. The Labute approximate surface area is 157 Å². The maximum atomic E-state index is 13.7. The van der Waals surface area contributed by atoms with E-state index in [1.807, 2.05) is 38.1 Å². The van der Waals surface area contributed by atoms with Crippen molar-refractivity contribution in [1.82, 2.24) is 0 Å². The molecule has 0 bridgehead atoms. The molecule has 0 radical (unpaired) electrons. The molecule has 0 aliphatic carbocycles. The lowest BCUT2D eigenvalue weighted by Crippen LogP contribution is -3.14. The van der Waals surface area contributed by atoms with Gasteiger partial charge in [0, 0.05) is 11.8 Å². The van der Waals surface area contributed by atoms with Crippen molar-refractivity contribution in [2.75, 3.05) is 30.3 Å². The Kier molecular flexibility index (Phi) is 7.43. The van der Waals surface area contributed by atoms with Crippen LogP contribution in [0, 0.1) is 18.6 Å². The summed E-state index contributed by atoms with van der Waals surface area (Å²) in [5.74, 6) is -2.18.